The first-order valence-corrected chi connectivity index (χ1v) is 7.03. The van der Waals surface area contributed by atoms with Gasteiger partial charge in [-0.05, 0) is 30.6 Å². The molecule has 0 heterocycles. The quantitative estimate of drug-likeness (QED) is 0.651. The number of ether oxygens (including phenoxy) is 1. The maximum Gasteiger partial charge on any atom is 0.307 e. The maximum absolute atomic E-state index is 11.9. The van der Waals surface area contributed by atoms with Crippen molar-refractivity contribution >= 4 is 11.9 Å². The number of rotatable bonds is 8. The van der Waals surface area contributed by atoms with Crippen LogP contribution in [-0.2, 0) is 14.3 Å². The second-order valence-electron chi connectivity index (χ2n) is 6.28. The zero-order valence-electron chi connectivity index (χ0n) is 11.6. The van der Waals surface area contributed by atoms with Crippen LogP contribution in [0.5, 0.6) is 0 Å². The van der Waals surface area contributed by atoms with Gasteiger partial charge in [0.2, 0.25) is 5.91 Å². The molecule has 0 aromatic heterocycles. The third-order valence-electron chi connectivity index (χ3n) is 4.19. The number of aliphatic carboxylic acids is 1. The number of carboxylic acid groups (broad SMARTS) is 1. The van der Waals surface area contributed by atoms with Crippen LogP contribution in [0.15, 0.2) is 0 Å². The number of nitrogens with one attached hydrogen (secondary N) is 1. The first kappa shape index (κ1) is 14.3. The van der Waals surface area contributed by atoms with E-state index >= 15 is 0 Å². The van der Waals surface area contributed by atoms with Crippen LogP contribution < -0.4 is 5.32 Å². The van der Waals surface area contributed by atoms with Crippen molar-refractivity contribution in [3.8, 4) is 0 Å². The first-order chi connectivity index (χ1) is 8.94. The summed E-state index contributed by atoms with van der Waals surface area (Å²) in [6.45, 7) is 5.71. The molecule has 0 radical (unpaired) electrons. The normalized spacial score (nSPS) is 27.9. The summed E-state index contributed by atoms with van der Waals surface area (Å²) < 4.78 is 5.47. The lowest BCUT2D eigenvalue weighted by molar-refractivity contribution is -0.140. The molecule has 19 heavy (non-hydrogen) atoms. The summed E-state index contributed by atoms with van der Waals surface area (Å²) in [5, 5.41) is 11.8. The lowest BCUT2D eigenvalue weighted by atomic mass is 10.1. The third-order valence-corrected chi connectivity index (χ3v) is 4.19. The van der Waals surface area contributed by atoms with E-state index in [-0.39, 0.29) is 5.91 Å². The standard InChI is InChI=1S/C14H23NO4/c1-14(2)10(11(14)13(17)18)12(16)15-6-3-7-19-8-9-4-5-9/h9-11H,3-8H2,1-2H3,(H,15,16)(H,17,18). The SMILES string of the molecule is CC1(C)C(C(=O)O)C1C(=O)NCCCOCC1CC1. The van der Waals surface area contributed by atoms with Gasteiger partial charge in [0.1, 0.15) is 0 Å². The van der Waals surface area contributed by atoms with Gasteiger partial charge in [-0.25, -0.2) is 0 Å². The van der Waals surface area contributed by atoms with Crippen LogP contribution in [0.25, 0.3) is 0 Å². The van der Waals surface area contributed by atoms with E-state index in [4.69, 9.17) is 9.84 Å². The van der Waals surface area contributed by atoms with Gasteiger partial charge in [-0.15, -0.1) is 0 Å². The number of hydrogen-bond donors (Lipinski definition) is 2. The van der Waals surface area contributed by atoms with E-state index in [0.717, 1.165) is 18.9 Å². The molecule has 0 spiro atoms. The van der Waals surface area contributed by atoms with Gasteiger partial charge in [0.25, 0.3) is 0 Å². The van der Waals surface area contributed by atoms with Gasteiger partial charge >= 0.3 is 5.97 Å². The summed E-state index contributed by atoms with van der Waals surface area (Å²) >= 11 is 0. The van der Waals surface area contributed by atoms with E-state index in [1.807, 2.05) is 13.8 Å². The Bertz CT molecular complexity index is 362. The van der Waals surface area contributed by atoms with Crippen LogP contribution in [0.4, 0.5) is 0 Å². The lowest BCUT2D eigenvalue weighted by Gasteiger charge is -2.06. The summed E-state index contributed by atoms with van der Waals surface area (Å²) in [6, 6.07) is 0. The lowest BCUT2D eigenvalue weighted by Crippen LogP contribution is -2.28. The highest BCUT2D eigenvalue weighted by molar-refractivity contribution is 5.91. The number of carbonyl (C=O) groups excluding carboxylic acids is 1. The second-order valence-corrected chi connectivity index (χ2v) is 6.28. The molecule has 0 bridgehead atoms. The Morgan fingerprint density at radius 1 is 1.32 bits per heavy atom. The van der Waals surface area contributed by atoms with Crippen molar-refractivity contribution in [3.05, 3.63) is 0 Å². The molecule has 2 atom stereocenters. The van der Waals surface area contributed by atoms with Gasteiger partial charge in [0.05, 0.1) is 11.8 Å². The van der Waals surface area contributed by atoms with Crippen molar-refractivity contribution in [2.45, 2.75) is 33.1 Å². The molecule has 2 rings (SSSR count). The van der Waals surface area contributed by atoms with Gasteiger partial charge < -0.3 is 15.2 Å². The summed E-state index contributed by atoms with van der Waals surface area (Å²) in [5.41, 5.74) is -0.418. The smallest absolute Gasteiger partial charge is 0.307 e. The zero-order valence-corrected chi connectivity index (χ0v) is 11.6. The monoisotopic (exact) mass is 269 g/mol. The largest absolute Gasteiger partial charge is 0.481 e. The van der Waals surface area contributed by atoms with Crippen molar-refractivity contribution in [1.82, 2.24) is 5.32 Å². The Hall–Kier alpha value is -1.10. The fourth-order valence-corrected chi connectivity index (χ4v) is 2.62. The van der Waals surface area contributed by atoms with Crippen molar-refractivity contribution in [2.75, 3.05) is 19.8 Å². The Labute approximate surface area is 113 Å². The van der Waals surface area contributed by atoms with Crippen LogP contribution >= 0.6 is 0 Å². The molecule has 2 aliphatic rings. The fourth-order valence-electron chi connectivity index (χ4n) is 2.62. The predicted molar refractivity (Wildman–Crippen MR) is 69.6 cm³/mol. The predicted octanol–water partition coefficient (Wildman–Crippen LogP) is 1.28. The maximum atomic E-state index is 11.9. The molecule has 0 aliphatic heterocycles. The number of amides is 1. The third kappa shape index (κ3) is 3.47. The first-order valence-electron chi connectivity index (χ1n) is 7.03. The topological polar surface area (TPSA) is 75.6 Å². The van der Waals surface area contributed by atoms with E-state index in [0.29, 0.717) is 13.2 Å². The van der Waals surface area contributed by atoms with E-state index in [1.165, 1.54) is 12.8 Å². The Kier molecular flexibility index (Phi) is 4.13. The van der Waals surface area contributed by atoms with Crippen LogP contribution in [0, 0.1) is 23.2 Å². The van der Waals surface area contributed by atoms with E-state index in [9.17, 15) is 9.59 Å². The molecule has 108 valence electrons. The zero-order chi connectivity index (χ0) is 14.0. The molecule has 2 saturated carbocycles. The molecular weight excluding hydrogens is 246 g/mol. The molecule has 2 aliphatic carbocycles. The molecule has 0 aromatic rings. The molecule has 1 amide bonds. The van der Waals surface area contributed by atoms with Crippen molar-refractivity contribution in [2.24, 2.45) is 23.2 Å². The minimum Gasteiger partial charge on any atom is -0.481 e. The minimum absolute atomic E-state index is 0.139. The highest BCUT2D eigenvalue weighted by atomic mass is 16.5. The molecule has 5 heteroatoms. The molecule has 2 N–H and O–H groups in total. The van der Waals surface area contributed by atoms with Crippen LogP contribution in [-0.4, -0.2) is 36.7 Å². The summed E-state index contributed by atoms with van der Waals surface area (Å²) in [5.74, 6) is -1.19. The Balaban J connectivity index is 1.58. The Morgan fingerprint density at radius 2 is 2.00 bits per heavy atom. The molecule has 2 unspecified atom stereocenters. The average Bonchev–Trinajstić information content (AvgIpc) is 3.19. The fraction of sp³-hybridized carbons (Fsp3) is 0.857. The van der Waals surface area contributed by atoms with E-state index in [1.54, 1.807) is 0 Å². The Morgan fingerprint density at radius 3 is 2.53 bits per heavy atom. The highest BCUT2D eigenvalue weighted by Crippen LogP contribution is 2.58. The van der Waals surface area contributed by atoms with E-state index < -0.39 is 23.2 Å². The number of carboxylic acids is 1. The van der Waals surface area contributed by atoms with Gasteiger partial charge in [0, 0.05) is 19.8 Å². The molecule has 0 aromatic carbocycles. The van der Waals surface area contributed by atoms with Crippen LogP contribution in [0.1, 0.15) is 33.1 Å². The number of hydrogen-bond acceptors (Lipinski definition) is 3. The van der Waals surface area contributed by atoms with Gasteiger partial charge in [0.15, 0.2) is 0 Å². The molecule has 0 saturated heterocycles. The van der Waals surface area contributed by atoms with Gasteiger partial charge in [-0.1, -0.05) is 13.8 Å². The molecule has 5 nitrogen and oxygen atoms in total. The highest BCUT2D eigenvalue weighted by Gasteiger charge is 2.65. The summed E-state index contributed by atoms with van der Waals surface area (Å²) in [7, 11) is 0. The minimum atomic E-state index is -0.877. The second kappa shape index (κ2) is 5.49. The number of carbonyl (C=O) groups is 2. The van der Waals surface area contributed by atoms with Crippen LogP contribution in [0.3, 0.4) is 0 Å². The van der Waals surface area contributed by atoms with Crippen molar-refractivity contribution in [3.63, 3.8) is 0 Å². The van der Waals surface area contributed by atoms with E-state index in [2.05, 4.69) is 5.32 Å². The average molecular weight is 269 g/mol. The van der Waals surface area contributed by atoms with Gasteiger partial charge in [-0.2, -0.15) is 0 Å². The molecular formula is C14H23NO4. The van der Waals surface area contributed by atoms with Gasteiger partial charge in [-0.3, -0.25) is 9.59 Å². The summed E-state index contributed by atoms with van der Waals surface area (Å²) in [4.78, 5) is 22.8. The van der Waals surface area contributed by atoms with Crippen molar-refractivity contribution < 1.29 is 19.4 Å². The summed E-state index contributed by atoms with van der Waals surface area (Å²) in [6.07, 6.45) is 3.34. The van der Waals surface area contributed by atoms with Crippen LogP contribution in [0.2, 0.25) is 0 Å². The molecule has 2 fully saturated rings. The van der Waals surface area contributed by atoms with Crippen molar-refractivity contribution in [1.29, 1.82) is 0 Å².